The maximum Gasteiger partial charge on any atom is 0.471 e. The smallest absolute Gasteiger partial charge is 0.394 e. The lowest BCUT2D eigenvalue weighted by molar-refractivity contribution is -0.270. The first-order valence-electron chi connectivity index (χ1n) is 44.0. The molecule has 0 aromatic rings. The number of hydrogen-bond acceptors (Lipinski definition) is 32. The Bertz CT molecular complexity index is 2970. The molecule has 125 heavy (non-hydrogen) atoms. The summed E-state index contributed by atoms with van der Waals surface area (Å²) >= 11 is 0. The maximum absolute atomic E-state index is 14.2. The van der Waals surface area contributed by atoms with Crippen molar-refractivity contribution in [3.05, 3.63) is 0 Å². The van der Waals surface area contributed by atoms with Gasteiger partial charge in [0.1, 0.15) is 78.8 Å². The van der Waals surface area contributed by atoms with Crippen molar-refractivity contribution >= 4 is 72.7 Å². The normalized spacial score (nSPS) is 25.3. The fourth-order valence-corrected chi connectivity index (χ4v) is 15.0. The molecule has 4 heterocycles. The topological polar surface area (TPSA) is 620 Å². The zero-order valence-corrected chi connectivity index (χ0v) is 74.2. The zero-order chi connectivity index (χ0) is 92.1. The molecule has 0 aromatic carbocycles. The lowest BCUT2D eigenvalue weighted by Crippen LogP contribution is -2.64. The van der Waals surface area contributed by atoms with Gasteiger partial charge >= 0.3 is 7.82 Å². The van der Waals surface area contributed by atoms with Crippen LogP contribution < -0.4 is 47.9 Å². The Kier molecular flexibility index (Phi) is 55.9. The fraction of sp³-hybridized carbons (Fsp3) is 0.864. The summed E-state index contributed by atoms with van der Waals surface area (Å²) < 4.78 is 74.0. The number of nitrogens with zero attached hydrogens (tertiary/aromatic N) is 1. The second-order valence-electron chi connectivity index (χ2n) is 32.4. The van der Waals surface area contributed by atoms with Crippen LogP contribution in [0.15, 0.2) is 0 Å². The molecule has 18 atom stereocenters. The van der Waals surface area contributed by atoms with Crippen LogP contribution in [-0.2, 0) is 109 Å². The number of amides is 10. The Morgan fingerprint density at radius 3 is 1.02 bits per heavy atom. The van der Waals surface area contributed by atoms with Gasteiger partial charge in [-0.1, -0.05) is 45.4 Å². The van der Waals surface area contributed by atoms with Crippen molar-refractivity contribution in [2.24, 2.45) is 11.3 Å². The van der Waals surface area contributed by atoms with E-state index in [0.29, 0.717) is 90.0 Å². The molecule has 4 rings (SSSR count). The van der Waals surface area contributed by atoms with E-state index in [1.165, 1.54) is 20.8 Å². The summed E-state index contributed by atoms with van der Waals surface area (Å²) in [5, 5.41) is 116. The second-order valence-corrected chi connectivity index (χ2v) is 33.9. The van der Waals surface area contributed by atoms with Crippen LogP contribution in [0.25, 0.3) is 0 Å². The van der Waals surface area contributed by atoms with E-state index in [9.17, 15) is 108 Å². The monoisotopic (exact) mass is 1820 g/mol. The second kappa shape index (κ2) is 62.9. The van der Waals surface area contributed by atoms with Crippen LogP contribution in [0, 0.1) is 11.3 Å². The summed E-state index contributed by atoms with van der Waals surface area (Å²) in [6.07, 6.45) is -4.64. The quantitative estimate of drug-likeness (QED) is 0.0218. The summed E-state index contributed by atoms with van der Waals surface area (Å²) in [5.74, 6) is -3.30. The van der Waals surface area contributed by atoms with Gasteiger partial charge in [-0.2, -0.15) is 0 Å². The van der Waals surface area contributed by atoms with Crippen LogP contribution in [0.1, 0.15) is 201 Å². The Labute approximate surface area is 731 Å². The summed E-state index contributed by atoms with van der Waals surface area (Å²) in [4.78, 5) is 152. The minimum Gasteiger partial charge on any atom is -0.394 e. The van der Waals surface area contributed by atoms with E-state index in [2.05, 4.69) is 52.4 Å². The Hall–Kier alpha value is -6.24. The molecule has 4 saturated heterocycles. The van der Waals surface area contributed by atoms with Crippen molar-refractivity contribution in [3.63, 3.8) is 0 Å². The van der Waals surface area contributed by atoms with Gasteiger partial charge in [0.05, 0.1) is 72.1 Å². The van der Waals surface area contributed by atoms with E-state index >= 15 is 0 Å². The highest BCUT2D eigenvalue weighted by atomic mass is 31.2. The number of phosphoric ester groups is 1. The number of phosphoric acid groups is 1. The van der Waals surface area contributed by atoms with Crippen molar-refractivity contribution in [1.82, 2.24) is 52.8 Å². The number of aliphatic hydroxyl groups excluding tert-OH is 9. The van der Waals surface area contributed by atoms with Gasteiger partial charge in [-0.25, -0.2) is 4.57 Å². The van der Waals surface area contributed by atoms with E-state index < -0.39 is 143 Å². The molecule has 0 spiro atoms. The third-order valence-corrected chi connectivity index (χ3v) is 22.3. The Morgan fingerprint density at radius 1 is 0.408 bits per heavy atom. The molecule has 0 radical (unpaired) electrons. The van der Waals surface area contributed by atoms with Gasteiger partial charge in [0.25, 0.3) is 0 Å². The molecule has 43 nitrogen and oxygen atoms in total. The van der Waals surface area contributed by atoms with Gasteiger partial charge in [-0.3, -0.25) is 61.8 Å². The van der Waals surface area contributed by atoms with Crippen LogP contribution in [0.2, 0.25) is 0 Å². The molecule has 0 bridgehead atoms. The van der Waals surface area contributed by atoms with Crippen LogP contribution >= 0.6 is 7.82 Å². The number of aliphatic hydroxyl groups is 9. The van der Waals surface area contributed by atoms with E-state index in [1.807, 2.05) is 6.92 Å². The molecule has 722 valence electrons. The van der Waals surface area contributed by atoms with Crippen molar-refractivity contribution in [2.45, 2.75) is 299 Å². The average molecular weight is 1820 g/mol. The highest BCUT2D eigenvalue weighted by Crippen LogP contribution is 2.43. The summed E-state index contributed by atoms with van der Waals surface area (Å²) in [6, 6.07) is -3.62. The highest BCUT2D eigenvalue weighted by molar-refractivity contribution is 7.47. The summed E-state index contributed by atoms with van der Waals surface area (Å²) in [6.45, 7) is 5.13. The summed E-state index contributed by atoms with van der Waals surface area (Å²) in [7, 11) is -3.11. The molecule has 17 unspecified atom stereocenters. The van der Waals surface area contributed by atoms with Crippen molar-refractivity contribution in [3.8, 4) is 0 Å². The van der Waals surface area contributed by atoms with E-state index in [-0.39, 0.29) is 216 Å². The predicted molar refractivity (Wildman–Crippen MR) is 444 cm³/mol. The van der Waals surface area contributed by atoms with Gasteiger partial charge in [0.15, 0.2) is 18.9 Å². The van der Waals surface area contributed by atoms with Crippen LogP contribution in [0.3, 0.4) is 0 Å². The molecule has 44 heteroatoms. The van der Waals surface area contributed by atoms with Crippen LogP contribution in [-0.4, -0.2) is 357 Å². The number of Topliss-reactive ketones (excluding diaryl/α,β-unsaturated/α-hetero) is 1. The molecule has 4 aliphatic rings. The summed E-state index contributed by atoms with van der Waals surface area (Å²) in [5.41, 5.74) is -1.20. The van der Waals surface area contributed by atoms with Crippen LogP contribution in [0.4, 0.5) is 0 Å². The van der Waals surface area contributed by atoms with Crippen molar-refractivity contribution in [1.29, 1.82) is 0 Å². The van der Waals surface area contributed by atoms with Crippen molar-refractivity contribution in [2.75, 3.05) is 139 Å². The number of nitrogens with one attached hydrogen (secondary N) is 9. The molecule has 0 aromatic heterocycles. The van der Waals surface area contributed by atoms with Crippen LogP contribution in [0.5, 0.6) is 0 Å². The molecular formula is C81H145N10O33P. The number of hydrogen-bond donors (Lipinski definition) is 19. The van der Waals surface area contributed by atoms with E-state index in [0.717, 1.165) is 45.6 Å². The minimum absolute atomic E-state index is 0.0303. The van der Waals surface area contributed by atoms with Gasteiger partial charge in [0, 0.05) is 157 Å². The van der Waals surface area contributed by atoms with E-state index in [4.69, 9.17) is 47.2 Å². The molecule has 4 fully saturated rings. The third-order valence-electron chi connectivity index (χ3n) is 21.4. The molecule has 4 aliphatic heterocycles. The first-order chi connectivity index (χ1) is 59.8. The van der Waals surface area contributed by atoms with E-state index in [1.54, 1.807) is 4.90 Å². The number of carbonyl (C=O) groups is 11. The number of likely N-dealkylation sites (tertiary alicyclic amines) is 1. The number of ketones is 1. The highest BCUT2D eigenvalue weighted by Gasteiger charge is 2.48. The van der Waals surface area contributed by atoms with Gasteiger partial charge in [-0.05, 0) is 83.0 Å². The lowest BCUT2D eigenvalue weighted by Gasteiger charge is -2.42. The predicted octanol–water partition coefficient (Wildman–Crippen LogP) is -2.69. The minimum atomic E-state index is -4.19. The zero-order valence-electron chi connectivity index (χ0n) is 73.3. The first kappa shape index (κ1) is 111. The van der Waals surface area contributed by atoms with Gasteiger partial charge < -0.3 is 146 Å². The lowest BCUT2D eigenvalue weighted by atomic mass is 9.84. The third kappa shape index (κ3) is 45.2. The SMILES string of the molecule is COP(=O)(O)OCC1C[C@@H](C)CN1C(=O)CCCCCCCCCCC(=O)CC(COCCC(=O)NCCCNC(=O)CCCCOC1OC(CO)C(O)C(O)C1NC(C)=O)(COCCC(=O)NCCCNC(=O)CCCCOC1OC(CO)C(O)C(O)C1NC(C)=O)COCCC(=O)NCCCNC(=O)CCCCOC1OC(CO)C(O)C(O)C1NC(C)=O. The Balaban J connectivity index is 1.31. The maximum atomic E-state index is 14.2. The molecule has 10 amide bonds. The number of rotatable bonds is 68. The number of ether oxygens (including phenoxy) is 9. The standard InChI is InChI=1S/C81H145N10O33P/c1-53-43-57(49-121-125(112,113)114-5)91(45-53)68(105)27-13-11-9-7-6-8-10-12-23-58(98)44-81(50-115-40-28-65(102)85-34-20-31-82-62(99)24-14-17-37-118-78-69(88-54(2)95)75(109)72(106)59(46-92)122-78,51-116-41-29-66(103)86-35-21-32-83-63(100)25-15-18-38-119-79-70(89-55(3)96)76(110)73(107)60(47-93)123-79)52-117-42-30-67(104)87-36-22-33-84-64(101)26-16-19-39-120-80-71(90-56(4)97)77(111)74(108)61(48-94)124-80/h53,57,59-61,69-80,92-94,106-111H,6-52H2,1-5H3,(H,82,99)(H,83,100)(H,84,101)(H,85,102)(H,86,103)(H,87,104)(H,88,95)(H,89,96)(H,90,97)(H,112,113)/t53-,57?,59?,60?,61?,69?,70?,71?,72?,73?,74?,75?,76?,77?,78?,79?,80?,81?/m1/s1. The molecule has 0 aliphatic carbocycles. The van der Waals surface area contributed by atoms with Gasteiger partial charge in [0.2, 0.25) is 59.1 Å². The first-order valence-corrected chi connectivity index (χ1v) is 45.5. The average Bonchev–Trinajstić information content (AvgIpc) is 1.57. The van der Waals surface area contributed by atoms with Gasteiger partial charge in [-0.15, -0.1) is 0 Å². The number of unbranched alkanes of at least 4 members (excludes halogenated alkanes) is 10. The number of carbonyl (C=O) groups excluding carboxylic acids is 11. The molecule has 0 saturated carbocycles. The molecular weight excluding hydrogens is 1670 g/mol. The largest absolute Gasteiger partial charge is 0.471 e. The fourth-order valence-electron chi connectivity index (χ4n) is 14.6. The molecule has 19 N–H and O–H groups in total. The Morgan fingerprint density at radius 2 is 0.712 bits per heavy atom. The van der Waals surface area contributed by atoms with Crippen molar-refractivity contribution < 1.29 is 160 Å².